The molecule has 1 N–H and O–H groups in total. The van der Waals surface area contributed by atoms with Crippen molar-refractivity contribution in [1.29, 1.82) is 0 Å². The first kappa shape index (κ1) is 14.1. The molecule has 0 radical (unpaired) electrons. The average molecular weight is 214 g/mol. The van der Waals surface area contributed by atoms with Crippen molar-refractivity contribution >= 4 is 11.8 Å². The first-order chi connectivity index (χ1) is 7.16. The van der Waals surface area contributed by atoms with Gasteiger partial charge in [-0.3, -0.25) is 9.59 Å². The third-order valence-corrected chi connectivity index (χ3v) is 2.41. The summed E-state index contributed by atoms with van der Waals surface area (Å²) in [6.45, 7) is 2.16. The van der Waals surface area contributed by atoms with Gasteiger partial charge in [-0.05, 0) is 12.8 Å². The van der Waals surface area contributed by atoms with Crippen LogP contribution in [0.3, 0.4) is 0 Å². The van der Waals surface area contributed by atoms with Gasteiger partial charge in [0.05, 0.1) is 0 Å². The Morgan fingerprint density at radius 1 is 0.867 bits per heavy atom. The number of rotatable bonds is 10. The van der Waals surface area contributed by atoms with Crippen molar-refractivity contribution in [2.75, 3.05) is 0 Å². The van der Waals surface area contributed by atoms with Crippen LogP contribution in [0.2, 0.25) is 0 Å². The Kier molecular flexibility index (Phi) is 9.13. The standard InChI is InChI=1S/C12H22O3/c1-2-3-4-5-6-8-11(13)9-7-10-12(14)15/h2-10H2,1H3,(H,14,15). The Balaban J connectivity index is 3.22. The molecule has 0 aromatic carbocycles. The molecular formula is C12H22O3. The van der Waals surface area contributed by atoms with Gasteiger partial charge in [0.15, 0.2) is 0 Å². The van der Waals surface area contributed by atoms with Gasteiger partial charge in [-0.2, -0.15) is 0 Å². The highest BCUT2D eigenvalue weighted by Gasteiger charge is 2.03. The number of carboxylic acid groups (broad SMARTS) is 1. The fraction of sp³-hybridized carbons (Fsp3) is 0.833. The van der Waals surface area contributed by atoms with Gasteiger partial charge in [-0.15, -0.1) is 0 Å². The molecule has 3 nitrogen and oxygen atoms in total. The lowest BCUT2D eigenvalue weighted by atomic mass is 10.1. The van der Waals surface area contributed by atoms with Gasteiger partial charge >= 0.3 is 5.97 Å². The van der Waals surface area contributed by atoms with E-state index in [1.54, 1.807) is 0 Å². The Morgan fingerprint density at radius 3 is 2.07 bits per heavy atom. The lowest BCUT2D eigenvalue weighted by Gasteiger charge is -2.00. The molecule has 0 fully saturated rings. The minimum Gasteiger partial charge on any atom is -0.481 e. The van der Waals surface area contributed by atoms with Crippen molar-refractivity contribution in [2.45, 2.75) is 64.7 Å². The summed E-state index contributed by atoms with van der Waals surface area (Å²) in [5, 5.41) is 8.39. The summed E-state index contributed by atoms with van der Waals surface area (Å²) in [6.07, 6.45) is 7.41. The van der Waals surface area contributed by atoms with Crippen LogP contribution in [0.4, 0.5) is 0 Å². The SMILES string of the molecule is CCCCCCCC(=O)CCCC(=O)O. The molecule has 0 saturated heterocycles. The Bertz CT molecular complexity index is 187. The smallest absolute Gasteiger partial charge is 0.303 e. The lowest BCUT2D eigenvalue weighted by Crippen LogP contribution is -2.00. The third kappa shape index (κ3) is 11.1. The number of Topliss-reactive ketones (excluding diaryl/α,β-unsaturated/α-hetero) is 1. The summed E-state index contributed by atoms with van der Waals surface area (Å²) in [6, 6.07) is 0. The second-order valence-corrected chi connectivity index (χ2v) is 3.95. The van der Waals surface area contributed by atoms with E-state index in [4.69, 9.17) is 5.11 Å². The number of carbonyl (C=O) groups is 2. The van der Waals surface area contributed by atoms with Gasteiger partial charge in [0.1, 0.15) is 5.78 Å². The summed E-state index contributed by atoms with van der Waals surface area (Å²) in [4.78, 5) is 21.5. The van der Waals surface area contributed by atoms with Crippen LogP contribution < -0.4 is 0 Å². The average Bonchev–Trinajstić information content (AvgIpc) is 2.17. The zero-order valence-electron chi connectivity index (χ0n) is 9.63. The third-order valence-electron chi connectivity index (χ3n) is 2.41. The second kappa shape index (κ2) is 9.69. The van der Waals surface area contributed by atoms with E-state index in [0.29, 0.717) is 19.3 Å². The van der Waals surface area contributed by atoms with Crippen LogP contribution in [-0.4, -0.2) is 16.9 Å². The van der Waals surface area contributed by atoms with Crippen LogP contribution in [0.1, 0.15) is 64.7 Å². The van der Waals surface area contributed by atoms with Crippen molar-refractivity contribution in [3.05, 3.63) is 0 Å². The van der Waals surface area contributed by atoms with E-state index < -0.39 is 5.97 Å². The minimum atomic E-state index is -0.814. The fourth-order valence-corrected chi connectivity index (χ4v) is 1.49. The van der Waals surface area contributed by atoms with Gasteiger partial charge in [0.25, 0.3) is 0 Å². The van der Waals surface area contributed by atoms with E-state index in [1.165, 1.54) is 19.3 Å². The van der Waals surface area contributed by atoms with Crippen molar-refractivity contribution in [2.24, 2.45) is 0 Å². The molecule has 0 bridgehead atoms. The van der Waals surface area contributed by atoms with Crippen LogP contribution in [-0.2, 0) is 9.59 Å². The molecule has 15 heavy (non-hydrogen) atoms. The highest BCUT2D eigenvalue weighted by molar-refractivity contribution is 5.78. The monoisotopic (exact) mass is 214 g/mol. The van der Waals surface area contributed by atoms with Gasteiger partial charge in [0.2, 0.25) is 0 Å². The van der Waals surface area contributed by atoms with E-state index in [9.17, 15) is 9.59 Å². The predicted octanol–water partition coefficient (Wildman–Crippen LogP) is 3.17. The van der Waals surface area contributed by atoms with E-state index in [1.807, 2.05) is 0 Å². The van der Waals surface area contributed by atoms with Crippen molar-refractivity contribution in [3.8, 4) is 0 Å². The summed E-state index contributed by atoms with van der Waals surface area (Å²) in [5.41, 5.74) is 0. The van der Waals surface area contributed by atoms with E-state index in [0.717, 1.165) is 12.8 Å². The van der Waals surface area contributed by atoms with Crippen LogP contribution in [0, 0.1) is 0 Å². The maximum atomic E-state index is 11.3. The predicted molar refractivity (Wildman–Crippen MR) is 59.9 cm³/mol. The molecule has 0 spiro atoms. The summed E-state index contributed by atoms with van der Waals surface area (Å²) in [5.74, 6) is -0.599. The molecule has 0 aliphatic heterocycles. The molecule has 0 heterocycles. The summed E-state index contributed by atoms with van der Waals surface area (Å²) >= 11 is 0. The van der Waals surface area contributed by atoms with Gasteiger partial charge < -0.3 is 5.11 Å². The van der Waals surface area contributed by atoms with Gasteiger partial charge in [0, 0.05) is 19.3 Å². The molecule has 0 amide bonds. The van der Waals surface area contributed by atoms with Crippen LogP contribution in [0.25, 0.3) is 0 Å². The molecule has 0 aromatic heterocycles. The largest absolute Gasteiger partial charge is 0.481 e. The highest BCUT2D eigenvalue weighted by atomic mass is 16.4. The Morgan fingerprint density at radius 2 is 1.47 bits per heavy atom. The highest BCUT2D eigenvalue weighted by Crippen LogP contribution is 2.07. The van der Waals surface area contributed by atoms with Crippen LogP contribution >= 0.6 is 0 Å². The maximum Gasteiger partial charge on any atom is 0.303 e. The van der Waals surface area contributed by atoms with Crippen LogP contribution in [0.5, 0.6) is 0 Å². The molecule has 0 saturated carbocycles. The zero-order valence-corrected chi connectivity index (χ0v) is 9.63. The van der Waals surface area contributed by atoms with Gasteiger partial charge in [-0.25, -0.2) is 0 Å². The molecule has 0 rings (SSSR count). The molecule has 0 unspecified atom stereocenters. The molecule has 88 valence electrons. The number of hydrogen-bond donors (Lipinski definition) is 1. The lowest BCUT2D eigenvalue weighted by molar-refractivity contribution is -0.137. The minimum absolute atomic E-state index is 0.113. The first-order valence-corrected chi connectivity index (χ1v) is 5.90. The quantitative estimate of drug-likeness (QED) is 0.568. The second-order valence-electron chi connectivity index (χ2n) is 3.95. The number of carboxylic acids is 1. The number of ketones is 1. The molecule has 0 aliphatic carbocycles. The molecule has 3 heteroatoms. The van der Waals surface area contributed by atoms with Gasteiger partial charge in [-0.1, -0.05) is 32.6 Å². The normalized spacial score (nSPS) is 10.2. The molecule has 0 aliphatic rings. The Labute approximate surface area is 91.9 Å². The number of carbonyl (C=O) groups excluding carboxylic acids is 1. The van der Waals surface area contributed by atoms with E-state index >= 15 is 0 Å². The summed E-state index contributed by atoms with van der Waals surface area (Å²) < 4.78 is 0. The fourth-order valence-electron chi connectivity index (χ4n) is 1.49. The Hall–Kier alpha value is -0.860. The van der Waals surface area contributed by atoms with Crippen molar-refractivity contribution in [1.82, 2.24) is 0 Å². The van der Waals surface area contributed by atoms with E-state index in [-0.39, 0.29) is 12.2 Å². The van der Waals surface area contributed by atoms with E-state index in [2.05, 4.69) is 6.92 Å². The molecular weight excluding hydrogens is 192 g/mol. The van der Waals surface area contributed by atoms with Crippen molar-refractivity contribution in [3.63, 3.8) is 0 Å². The maximum absolute atomic E-state index is 11.3. The van der Waals surface area contributed by atoms with Crippen LogP contribution in [0.15, 0.2) is 0 Å². The topological polar surface area (TPSA) is 54.4 Å². The number of hydrogen-bond acceptors (Lipinski definition) is 2. The first-order valence-electron chi connectivity index (χ1n) is 5.90. The van der Waals surface area contributed by atoms with Crippen molar-refractivity contribution < 1.29 is 14.7 Å². The zero-order chi connectivity index (χ0) is 11.5. The number of aliphatic carboxylic acids is 1. The molecule has 0 aromatic rings. The molecule has 0 atom stereocenters. The number of unbranched alkanes of at least 4 members (excludes halogenated alkanes) is 4. The summed E-state index contributed by atoms with van der Waals surface area (Å²) in [7, 11) is 0.